The van der Waals surface area contributed by atoms with E-state index in [1.54, 1.807) is 12.7 Å². The Morgan fingerprint density at radius 2 is 2.33 bits per heavy atom. The Balaban J connectivity index is 1.34. The Labute approximate surface area is 157 Å². The number of likely N-dealkylation sites (N-methyl/N-ethyl adjacent to an activating group) is 1. The van der Waals surface area contributed by atoms with Crippen molar-refractivity contribution < 1.29 is 9.53 Å². The van der Waals surface area contributed by atoms with E-state index in [-0.39, 0.29) is 17.6 Å². The van der Waals surface area contributed by atoms with Gasteiger partial charge in [-0.1, -0.05) is 0 Å². The van der Waals surface area contributed by atoms with Crippen LogP contribution >= 0.6 is 0 Å². The predicted octanol–water partition coefficient (Wildman–Crippen LogP) is 0.0145. The first-order chi connectivity index (χ1) is 13.1. The molecule has 0 aliphatic carbocycles. The molecule has 9 heteroatoms. The van der Waals surface area contributed by atoms with Crippen LogP contribution in [0.5, 0.6) is 0 Å². The maximum atomic E-state index is 12.1. The molecule has 1 spiro atoms. The molecule has 3 aliphatic heterocycles. The molecule has 2 bridgehead atoms. The quantitative estimate of drug-likeness (QED) is 0.764. The third-order valence-corrected chi connectivity index (χ3v) is 6.28. The van der Waals surface area contributed by atoms with E-state index in [1.807, 2.05) is 19.0 Å². The Hall–Kier alpha value is -2.26. The number of fused-ring (bicyclic) bond motifs is 2. The zero-order valence-corrected chi connectivity index (χ0v) is 15.7. The number of anilines is 1. The molecular formula is C18H25N7O2. The van der Waals surface area contributed by atoms with E-state index in [2.05, 4.69) is 30.2 Å². The fourth-order valence-electron chi connectivity index (χ4n) is 5.19. The van der Waals surface area contributed by atoms with Crippen molar-refractivity contribution >= 4 is 22.9 Å². The van der Waals surface area contributed by atoms with Gasteiger partial charge in [-0.05, 0) is 26.9 Å². The Morgan fingerprint density at radius 1 is 1.44 bits per heavy atom. The minimum absolute atomic E-state index is 0.0710. The zero-order chi connectivity index (χ0) is 18.6. The summed E-state index contributed by atoms with van der Waals surface area (Å²) in [6.45, 7) is 2.82. The summed E-state index contributed by atoms with van der Waals surface area (Å²) in [7, 11) is 3.81. The number of carbonyl (C=O) groups is 1. The van der Waals surface area contributed by atoms with E-state index in [0.717, 1.165) is 37.3 Å². The summed E-state index contributed by atoms with van der Waals surface area (Å²) in [6.07, 6.45) is 5.64. The molecule has 0 radical (unpaired) electrons. The highest BCUT2D eigenvalue weighted by Gasteiger charge is 2.63. The van der Waals surface area contributed by atoms with Gasteiger partial charge in [0.1, 0.15) is 11.8 Å². The number of imidazole rings is 1. The van der Waals surface area contributed by atoms with Crippen molar-refractivity contribution in [2.24, 2.45) is 11.8 Å². The van der Waals surface area contributed by atoms with Gasteiger partial charge in [0.25, 0.3) is 0 Å². The van der Waals surface area contributed by atoms with Crippen LogP contribution in [0.3, 0.4) is 0 Å². The number of aromatic nitrogens is 4. The fourth-order valence-corrected chi connectivity index (χ4v) is 5.19. The van der Waals surface area contributed by atoms with Gasteiger partial charge >= 0.3 is 0 Å². The average molecular weight is 371 g/mol. The first-order valence-corrected chi connectivity index (χ1v) is 9.54. The van der Waals surface area contributed by atoms with Crippen molar-refractivity contribution in [3.8, 4) is 0 Å². The standard InChI is InChI=1S/C18H25N7O2/c1-24(2)7-14(26)19-5-11-12-6-25(8-18(12)4-3-13(11)27-18)17-15-16(21-9-20-15)22-10-23-17/h9-13H,3-8H2,1-2H3,(H,19,26)(H,20,21,22,23)/t11-,12+,13+,18+/m0/s1. The fraction of sp³-hybridized carbons (Fsp3) is 0.667. The van der Waals surface area contributed by atoms with E-state index >= 15 is 0 Å². The molecular weight excluding hydrogens is 346 g/mol. The molecule has 1 amide bonds. The number of hydrogen-bond acceptors (Lipinski definition) is 7. The van der Waals surface area contributed by atoms with E-state index < -0.39 is 0 Å². The average Bonchev–Trinajstić information content (AvgIpc) is 3.37. The van der Waals surface area contributed by atoms with E-state index in [1.165, 1.54) is 0 Å². The second-order valence-electron chi connectivity index (χ2n) is 8.25. The minimum atomic E-state index is -0.112. The second-order valence-corrected chi connectivity index (χ2v) is 8.25. The smallest absolute Gasteiger partial charge is 0.234 e. The van der Waals surface area contributed by atoms with Crippen molar-refractivity contribution in [1.29, 1.82) is 0 Å². The lowest BCUT2D eigenvalue weighted by atomic mass is 9.73. The molecule has 2 N–H and O–H groups in total. The van der Waals surface area contributed by atoms with E-state index in [4.69, 9.17) is 4.74 Å². The molecule has 5 heterocycles. The highest BCUT2D eigenvalue weighted by atomic mass is 16.5. The van der Waals surface area contributed by atoms with Crippen LogP contribution in [0.15, 0.2) is 12.7 Å². The lowest BCUT2D eigenvalue weighted by molar-refractivity contribution is -0.122. The van der Waals surface area contributed by atoms with Crippen LogP contribution in [-0.2, 0) is 9.53 Å². The van der Waals surface area contributed by atoms with Crippen molar-refractivity contribution in [1.82, 2.24) is 30.2 Å². The maximum absolute atomic E-state index is 12.1. The third-order valence-electron chi connectivity index (χ3n) is 6.28. The number of H-pyrrole nitrogens is 1. The van der Waals surface area contributed by atoms with E-state index in [0.29, 0.717) is 30.6 Å². The van der Waals surface area contributed by atoms with Crippen molar-refractivity contribution in [3.05, 3.63) is 12.7 Å². The number of rotatable bonds is 5. The monoisotopic (exact) mass is 371 g/mol. The lowest BCUT2D eigenvalue weighted by Crippen LogP contribution is -2.43. The van der Waals surface area contributed by atoms with Gasteiger partial charge in [0.15, 0.2) is 11.5 Å². The predicted molar refractivity (Wildman–Crippen MR) is 99.3 cm³/mol. The summed E-state index contributed by atoms with van der Waals surface area (Å²) >= 11 is 0. The van der Waals surface area contributed by atoms with Gasteiger partial charge in [-0.3, -0.25) is 4.79 Å². The number of hydrogen-bond donors (Lipinski definition) is 2. The van der Waals surface area contributed by atoms with Gasteiger partial charge in [-0.15, -0.1) is 0 Å². The molecule has 3 saturated heterocycles. The first kappa shape index (κ1) is 16.9. The summed E-state index contributed by atoms with van der Waals surface area (Å²) in [6, 6.07) is 0. The summed E-state index contributed by atoms with van der Waals surface area (Å²) < 4.78 is 6.48. The normalized spacial score (nSPS) is 31.8. The van der Waals surface area contributed by atoms with Crippen LogP contribution in [-0.4, -0.2) is 82.7 Å². The van der Waals surface area contributed by atoms with Crippen LogP contribution in [0.25, 0.3) is 11.2 Å². The summed E-state index contributed by atoms with van der Waals surface area (Å²) in [4.78, 5) is 32.4. The second kappa shape index (κ2) is 6.13. The molecule has 4 atom stereocenters. The number of nitrogens with zero attached hydrogens (tertiary/aromatic N) is 5. The highest BCUT2D eigenvalue weighted by molar-refractivity contribution is 5.83. The maximum Gasteiger partial charge on any atom is 0.234 e. The first-order valence-electron chi connectivity index (χ1n) is 9.54. The van der Waals surface area contributed by atoms with Gasteiger partial charge < -0.3 is 24.8 Å². The Kier molecular flexibility index (Phi) is 3.83. The largest absolute Gasteiger partial charge is 0.369 e. The molecule has 5 rings (SSSR count). The van der Waals surface area contributed by atoms with Gasteiger partial charge in [0, 0.05) is 31.5 Å². The molecule has 0 unspecified atom stereocenters. The molecule has 3 aliphatic rings. The Bertz CT molecular complexity index is 868. The molecule has 2 aromatic rings. The molecule has 9 nitrogen and oxygen atoms in total. The number of amides is 1. The SMILES string of the molecule is CN(C)CC(=O)NC[C@H]1[C@H]2CN(c3ncnc4nc[nH]c34)C[C@]23CC[C@H]1O3. The number of nitrogens with one attached hydrogen (secondary N) is 2. The van der Waals surface area contributed by atoms with E-state index in [9.17, 15) is 4.79 Å². The lowest BCUT2D eigenvalue weighted by Gasteiger charge is -2.29. The van der Waals surface area contributed by atoms with Gasteiger partial charge in [-0.2, -0.15) is 0 Å². The topological polar surface area (TPSA) is 99.3 Å². The number of aromatic amines is 1. The Morgan fingerprint density at radius 3 is 3.19 bits per heavy atom. The van der Waals surface area contributed by atoms with Gasteiger partial charge in [-0.25, -0.2) is 15.0 Å². The van der Waals surface area contributed by atoms with Crippen LogP contribution in [0.2, 0.25) is 0 Å². The summed E-state index contributed by atoms with van der Waals surface area (Å²) in [5.41, 5.74) is 1.45. The van der Waals surface area contributed by atoms with Gasteiger partial charge in [0.2, 0.25) is 5.91 Å². The zero-order valence-electron chi connectivity index (χ0n) is 15.7. The van der Waals surface area contributed by atoms with Crippen LogP contribution in [0.1, 0.15) is 12.8 Å². The van der Waals surface area contributed by atoms with Crippen molar-refractivity contribution in [2.45, 2.75) is 24.5 Å². The molecule has 3 fully saturated rings. The number of ether oxygens (including phenoxy) is 1. The molecule has 2 aromatic heterocycles. The van der Waals surface area contributed by atoms with Gasteiger partial charge in [0.05, 0.1) is 24.6 Å². The molecule has 0 saturated carbocycles. The van der Waals surface area contributed by atoms with Crippen molar-refractivity contribution in [2.75, 3.05) is 45.2 Å². The van der Waals surface area contributed by atoms with Crippen LogP contribution in [0, 0.1) is 11.8 Å². The highest BCUT2D eigenvalue weighted by Crippen LogP contribution is 2.55. The summed E-state index contributed by atoms with van der Waals surface area (Å²) in [5, 5.41) is 3.11. The number of carbonyl (C=O) groups excluding carboxylic acids is 1. The van der Waals surface area contributed by atoms with Crippen LogP contribution < -0.4 is 10.2 Å². The minimum Gasteiger partial charge on any atom is -0.369 e. The third kappa shape index (κ3) is 2.68. The molecule has 0 aromatic carbocycles. The summed E-state index contributed by atoms with van der Waals surface area (Å²) in [5.74, 6) is 1.73. The molecule has 27 heavy (non-hydrogen) atoms. The molecule has 144 valence electrons. The van der Waals surface area contributed by atoms with Crippen molar-refractivity contribution in [3.63, 3.8) is 0 Å². The van der Waals surface area contributed by atoms with Crippen LogP contribution in [0.4, 0.5) is 5.82 Å².